The van der Waals surface area contributed by atoms with Gasteiger partial charge in [0, 0.05) is 0 Å². The highest BCUT2D eigenvalue weighted by Crippen LogP contribution is 2.19. The lowest BCUT2D eigenvalue weighted by atomic mass is 9.93. The molecule has 1 aromatic carbocycles. The number of aliphatic carboxylic acids is 1. The fourth-order valence-electron chi connectivity index (χ4n) is 1.89. The van der Waals surface area contributed by atoms with E-state index in [0.29, 0.717) is 0 Å². The molecule has 0 saturated heterocycles. The van der Waals surface area contributed by atoms with Crippen molar-refractivity contribution in [2.45, 2.75) is 27.2 Å². The van der Waals surface area contributed by atoms with Crippen LogP contribution >= 0.6 is 0 Å². The van der Waals surface area contributed by atoms with Crippen LogP contribution < -0.4 is 0 Å². The summed E-state index contributed by atoms with van der Waals surface area (Å²) in [4.78, 5) is 22.8. The van der Waals surface area contributed by atoms with Crippen molar-refractivity contribution in [3.05, 3.63) is 34.9 Å². The molecule has 0 fully saturated rings. The van der Waals surface area contributed by atoms with Gasteiger partial charge in [-0.3, -0.25) is 9.59 Å². The summed E-state index contributed by atoms with van der Waals surface area (Å²) in [6.45, 7) is 5.67. The molecule has 0 aliphatic carbocycles. The summed E-state index contributed by atoms with van der Waals surface area (Å²) in [5.74, 6) is -2.95. The second-order valence-electron chi connectivity index (χ2n) is 4.22. The zero-order valence-corrected chi connectivity index (χ0v) is 10.9. The van der Waals surface area contributed by atoms with Gasteiger partial charge in [0.05, 0.1) is 6.61 Å². The SMILES string of the molecule is CCOC(=O)C(Cc1c(C)cccc1C)C(=O)O. The van der Waals surface area contributed by atoms with Crippen LogP contribution in [-0.2, 0) is 20.7 Å². The smallest absolute Gasteiger partial charge is 0.320 e. The summed E-state index contributed by atoms with van der Waals surface area (Å²) in [7, 11) is 0. The number of carbonyl (C=O) groups is 2. The van der Waals surface area contributed by atoms with E-state index in [-0.39, 0.29) is 13.0 Å². The van der Waals surface area contributed by atoms with Crippen LogP contribution in [0.5, 0.6) is 0 Å². The van der Waals surface area contributed by atoms with Crippen molar-refractivity contribution in [1.29, 1.82) is 0 Å². The van der Waals surface area contributed by atoms with E-state index in [0.717, 1.165) is 16.7 Å². The lowest BCUT2D eigenvalue weighted by molar-refractivity contribution is -0.158. The van der Waals surface area contributed by atoms with Crippen LogP contribution in [0.1, 0.15) is 23.6 Å². The molecule has 0 amide bonds. The highest BCUT2D eigenvalue weighted by Gasteiger charge is 2.28. The summed E-state index contributed by atoms with van der Waals surface area (Å²) in [5, 5.41) is 9.11. The van der Waals surface area contributed by atoms with E-state index in [1.807, 2.05) is 32.0 Å². The number of aryl methyl sites for hydroxylation is 2. The van der Waals surface area contributed by atoms with E-state index in [1.54, 1.807) is 6.92 Å². The van der Waals surface area contributed by atoms with Gasteiger partial charge in [0.2, 0.25) is 0 Å². The number of carbonyl (C=O) groups excluding carboxylic acids is 1. The van der Waals surface area contributed by atoms with Gasteiger partial charge in [0.1, 0.15) is 0 Å². The Morgan fingerprint density at radius 1 is 1.28 bits per heavy atom. The number of ether oxygens (including phenoxy) is 1. The summed E-state index contributed by atoms with van der Waals surface area (Å²) in [6, 6.07) is 5.73. The number of rotatable bonds is 5. The Kier molecular flexibility index (Phi) is 4.89. The minimum Gasteiger partial charge on any atom is -0.481 e. The maximum absolute atomic E-state index is 11.6. The average Bonchev–Trinajstić information content (AvgIpc) is 2.28. The topological polar surface area (TPSA) is 63.6 Å². The number of hydrogen-bond acceptors (Lipinski definition) is 3. The fourth-order valence-corrected chi connectivity index (χ4v) is 1.89. The molecule has 1 atom stereocenters. The van der Waals surface area contributed by atoms with Crippen molar-refractivity contribution in [2.75, 3.05) is 6.61 Å². The first kappa shape index (κ1) is 14.2. The monoisotopic (exact) mass is 250 g/mol. The van der Waals surface area contributed by atoms with Gasteiger partial charge in [-0.2, -0.15) is 0 Å². The van der Waals surface area contributed by atoms with Crippen molar-refractivity contribution in [2.24, 2.45) is 5.92 Å². The van der Waals surface area contributed by atoms with E-state index in [1.165, 1.54) is 0 Å². The standard InChI is InChI=1S/C14H18O4/c1-4-18-14(17)12(13(15)16)8-11-9(2)6-5-7-10(11)3/h5-7,12H,4,8H2,1-3H3,(H,15,16). The van der Waals surface area contributed by atoms with Gasteiger partial charge in [0.15, 0.2) is 5.92 Å². The van der Waals surface area contributed by atoms with Crippen molar-refractivity contribution < 1.29 is 19.4 Å². The number of hydrogen-bond donors (Lipinski definition) is 1. The lowest BCUT2D eigenvalue weighted by Crippen LogP contribution is -2.28. The molecule has 0 heterocycles. The van der Waals surface area contributed by atoms with Crippen LogP contribution in [0.3, 0.4) is 0 Å². The summed E-state index contributed by atoms with van der Waals surface area (Å²) >= 11 is 0. The van der Waals surface area contributed by atoms with Crippen LogP contribution in [0.25, 0.3) is 0 Å². The first-order valence-electron chi connectivity index (χ1n) is 5.91. The summed E-state index contributed by atoms with van der Waals surface area (Å²) in [6.07, 6.45) is 0.173. The Balaban J connectivity index is 2.97. The summed E-state index contributed by atoms with van der Waals surface area (Å²) in [5.41, 5.74) is 2.88. The average molecular weight is 250 g/mol. The quantitative estimate of drug-likeness (QED) is 0.642. The van der Waals surface area contributed by atoms with Gasteiger partial charge in [-0.05, 0) is 43.9 Å². The molecule has 0 aromatic heterocycles. The summed E-state index contributed by atoms with van der Waals surface area (Å²) < 4.78 is 4.80. The van der Waals surface area contributed by atoms with Crippen molar-refractivity contribution in [3.8, 4) is 0 Å². The van der Waals surface area contributed by atoms with Gasteiger partial charge >= 0.3 is 11.9 Å². The zero-order valence-electron chi connectivity index (χ0n) is 10.9. The Morgan fingerprint density at radius 2 is 1.83 bits per heavy atom. The second kappa shape index (κ2) is 6.19. The third-order valence-electron chi connectivity index (χ3n) is 2.92. The highest BCUT2D eigenvalue weighted by molar-refractivity contribution is 5.94. The van der Waals surface area contributed by atoms with Gasteiger partial charge in [-0.1, -0.05) is 18.2 Å². The molecule has 0 aliphatic heterocycles. The molecule has 0 bridgehead atoms. The molecule has 98 valence electrons. The Morgan fingerprint density at radius 3 is 2.28 bits per heavy atom. The largest absolute Gasteiger partial charge is 0.481 e. The van der Waals surface area contributed by atoms with Gasteiger partial charge in [-0.25, -0.2) is 0 Å². The maximum atomic E-state index is 11.6. The zero-order chi connectivity index (χ0) is 13.7. The number of benzene rings is 1. The minimum absolute atomic E-state index is 0.173. The molecule has 18 heavy (non-hydrogen) atoms. The van der Waals surface area contributed by atoms with Crippen LogP contribution in [0.4, 0.5) is 0 Å². The van der Waals surface area contributed by atoms with Crippen LogP contribution in [0.15, 0.2) is 18.2 Å². The first-order chi connectivity index (χ1) is 8.47. The maximum Gasteiger partial charge on any atom is 0.320 e. The normalized spacial score (nSPS) is 11.9. The van der Waals surface area contributed by atoms with Crippen LogP contribution in [0.2, 0.25) is 0 Å². The molecule has 0 aliphatic rings. The predicted molar refractivity (Wildman–Crippen MR) is 67.4 cm³/mol. The van der Waals surface area contributed by atoms with Crippen molar-refractivity contribution in [3.63, 3.8) is 0 Å². The number of esters is 1. The molecule has 1 rings (SSSR count). The van der Waals surface area contributed by atoms with E-state index in [4.69, 9.17) is 9.84 Å². The third kappa shape index (κ3) is 3.32. The van der Waals surface area contributed by atoms with E-state index in [2.05, 4.69) is 0 Å². The molecule has 4 nitrogen and oxygen atoms in total. The molecule has 0 spiro atoms. The van der Waals surface area contributed by atoms with Gasteiger partial charge in [0.25, 0.3) is 0 Å². The van der Waals surface area contributed by atoms with Gasteiger partial charge < -0.3 is 9.84 Å². The molecular formula is C14H18O4. The van der Waals surface area contributed by atoms with Crippen molar-refractivity contribution >= 4 is 11.9 Å². The third-order valence-corrected chi connectivity index (χ3v) is 2.92. The Labute approximate surface area is 107 Å². The van der Waals surface area contributed by atoms with Gasteiger partial charge in [-0.15, -0.1) is 0 Å². The lowest BCUT2D eigenvalue weighted by Gasteiger charge is -2.14. The van der Waals surface area contributed by atoms with Crippen LogP contribution in [-0.4, -0.2) is 23.7 Å². The molecule has 1 N–H and O–H groups in total. The second-order valence-corrected chi connectivity index (χ2v) is 4.22. The molecular weight excluding hydrogens is 232 g/mol. The molecule has 1 aromatic rings. The highest BCUT2D eigenvalue weighted by atomic mass is 16.5. The number of carboxylic acid groups (broad SMARTS) is 1. The van der Waals surface area contributed by atoms with E-state index in [9.17, 15) is 9.59 Å². The van der Waals surface area contributed by atoms with E-state index < -0.39 is 17.9 Å². The Hall–Kier alpha value is -1.84. The molecule has 1 unspecified atom stereocenters. The Bertz CT molecular complexity index is 431. The van der Waals surface area contributed by atoms with Crippen molar-refractivity contribution in [1.82, 2.24) is 0 Å². The first-order valence-corrected chi connectivity index (χ1v) is 5.91. The fraction of sp³-hybridized carbons (Fsp3) is 0.429. The number of carboxylic acids is 1. The molecule has 4 heteroatoms. The molecule has 0 radical (unpaired) electrons. The minimum atomic E-state index is -1.14. The molecule has 0 saturated carbocycles. The predicted octanol–water partition coefficient (Wildman–Crippen LogP) is 2.11. The van der Waals surface area contributed by atoms with E-state index >= 15 is 0 Å². The van der Waals surface area contributed by atoms with Crippen LogP contribution in [0, 0.1) is 19.8 Å².